The van der Waals surface area contributed by atoms with Crippen molar-refractivity contribution in [1.82, 2.24) is 4.57 Å². The maximum atomic E-state index is 11.4. The number of benzene rings is 1. The zero-order valence-corrected chi connectivity index (χ0v) is 11.2. The van der Waals surface area contributed by atoms with Crippen LogP contribution in [-0.4, -0.2) is 23.7 Å². The largest absolute Gasteiger partial charge is 0.419 e. The van der Waals surface area contributed by atoms with Crippen LogP contribution in [0, 0.1) is 0 Å². The van der Waals surface area contributed by atoms with Crippen molar-refractivity contribution >= 4 is 16.8 Å². The number of hydrogen-bond acceptors (Lipinski definition) is 4. The van der Waals surface area contributed by atoms with Gasteiger partial charge in [0.15, 0.2) is 5.58 Å². The first kappa shape index (κ1) is 12.7. The lowest BCUT2D eigenvalue weighted by molar-refractivity contribution is 0.517. The number of rotatable bonds is 3. The Labute approximate surface area is 106 Å². The molecule has 1 aromatic carbocycles. The molecule has 98 valence electrons. The number of likely N-dealkylation sites (N-methyl/N-ethyl adjacent to an activating group) is 1. The van der Waals surface area contributed by atoms with Crippen LogP contribution in [-0.2, 0) is 7.05 Å². The first-order valence-corrected chi connectivity index (χ1v) is 5.87. The molecule has 0 saturated carbocycles. The van der Waals surface area contributed by atoms with E-state index in [1.807, 2.05) is 44.0 Å². The summed E-state index contributed by atoms with van der Waals surface area (Å²) in [6.07, 6.45) is 0. The van der Waals surface area contributed by atoms with Crippen molar-refractivity contribution in [3.8, 4) is 0 Å². The summed E-state index contributed by atoms with van der Waals surface area (Å²) in [5.74, 6) is -0.344. The van der Waals surface area contributed by atoms with E-state index in [-0.39, 0.29) is 11.3 Å². The molecular weight excluding hydrogens is 230 g/mol. The van der Waals surface area contributed by atoms with Gasteiger partial charge < -0.3 is 15.1 Å². The highest BCUT2D eigenvalue weighted by molar-refractivity contribution is 5.77. The van der Waals surface area contributed by atoms with Gasteiger partial charge in [0.25, 0.3) is 0 Å². The van der Waals surface area contributed by atoms with Gasteiger partial charge in [-0.05, 0) is 26.0 Å². The van der Waals surface area contributed by atoms with E-state index in [1.165, 1.54) is 4.57 Å². The van der Waals surface area contributed by atoms with Crippen molar-refractivity contribution in [1.29, 1.82) is 0 Å². The van der Waals surface area contributed by atoms with E-state index in [4.69, 9.17) is 10.2 Å². The summed E-state index contributed by atoms with van der Waals surface area (Å²) in [6, 6.07) is 5.71. The first-order chi connectivity index (χ1) is 8.28. The van der Waals surface area contributed by atoms with E-state index in [0.717, 1.165) is 17.7 Å². The standard InChI is InChI=1S/C13H19N3O2/c1-13(2,14)8-15(3)9-5-6-10-11(7-9)18-12(17)16(10)4/h5-7H,8,14H2,1-4H3. The molecule has 5 heteroatoms. The molecule has 0 spiro atoms. The molecule has 0 amide bonds. The number of oxazole rings is 1. The second-order valence-electron chi connectivity index (χ2n) is 5.42. The molecular formula is C13H19N3O2. The zero-order valence-electron chi connectivity index (χ0n) is 11.2. The van der Waals surface area contributed by atoms with Crippen LogP contribution >= 0.6 is 0 Å². The number of aryl methyl sites for hydroxylation is 1. The minimum atomic E-state index is -0.344. The fraction of sp³-hybridized carbons (Fsp3) is 0.462. The molecule has 2 rings (SSSR count). The number of fused-ring (bicyclic) bond motifs is 1. The first-order valence-electron chi connectivity index (χ1n) is 5.87. The Kier molecular flexibility index (Phi) is 2.94. The molecule has 0 aliphatic rings. The van der Waals surface area contributed by atoms with E-state index in [0.29, 0.717) is 5.58 Å². The van der Waals surface area contributed by atoms with E-state index in [9.17, 15) is 4.79 Å². The van der Waals surface area contributed by atoms with Crippen molar-refractivity contribution in [2.45, 2.75) is 19.4 Å². The fourth-order valence-electron chi connectivity index (χ4n) is 2.06. The van der Waals surface area contributed by atoms with E-state index < -0.39 is 0 Å². The van der Waals surface area contributed by atoms with Crippen molar-refractivity contribution in [3.05, 3.63) is 28.7 Å². The lowest BCUT2D eigenvalue weighted by atomic mass is 10.1. The van der Waals surface area contributed by atoms with E-state index in [1.54, 1.807) is 7.05 Å². The van der Waals surface area contributed by atoms with Crippen molar-refractivity contribution < 1.29 is 4.42 Å². The van der Waals surface area contributed by atoms with Gasteiger partial charge in [0, 0.05) is 37.9 Å². The van der Waals surface area contributed by atoms with Crippen LogP contribution in [0.5, 0.6) is 0 Å². The lowest BCUT2D eigenvalue weighted by Crippen LogP contribution is -2.44. The Morgan fingerprint density at radius 3 is 2.72 bits per heavy atom. The van der Waals surface area contributed by atoms with Crippen LogP contribution in [0.25, 0.3) is 11.1 Å². The molecule has 0 aliphatic heterocycles. The van der Waals surface area contributed by atoms with Gasteiger partial charge in [-0.3, -0.25) is 4.57 Å². The van der Waals surface area contributed by atoms with Crippen LogP contribution in [0.2, 0.25) is 0 Å². The molecule has 0 fully saturated rings. The van der Waals surface area contributed by atoms with Crippen molar-refractivity contribution in [2.24, 2.45) is 12.8 Å². The van der Waals surface area contributed by atoms with Gasteiger partial charge in [-0.15, -0.1) is 0 Å². The van der Waals surface area contributed by atoms with Gasteiger partial charge >= 0.3 is 5.76 Å². The highest BCUT2D eigenvalue weighted by Crippen LogP contribution is 2.21. The fourth-order valence-corrected chi connectivity index (χ4v) is 2.06. The normalized spacial score (nSPS) is 12.1. The quantitative estimate of drug-likeness (QED) is 0.890. The molecule has 2 N–H and O–H groups in total. The van der Waals surface area contributed by atoms with Crippen LogP contribution in [0.3, 0.4) is 0 Å². The summed E-state index contributed by atoms with van der Waals surface area (Å²) in [5.41, 5.74) is 8.09. The van der Waals surface area contributed by atoms with Gasteiger partial charge in [-0.25, -0.2) is 4.79 Å². The molecule has 0 radical (unpaired) electrons. The van der Waals surface area contributed by atoms with Crippen LogP contribution in [0.1, 0.15) is 13.8 Å². The topological polar surface area (TPSA) is 64.4 Å². The molecule has 0 unspecified atom stereocenters. The molecule has 0 atom stereocenters. The molecule has 5 nitrogen and oxygen atoms in total. The van der Waals surface area contributed by atoms with Crippen LogP contribution < -0.4 is 16.4 Å². The number of aromatic nitrogens is 1. The van der Waals surface area contributed by atoms with Gasteiger partial charge in [0.2, 0.25) is 0 Å². The molecule has 18 heavy (non-hydrogen) atoms. The number of nitrogens with zero attached hydrogens (tertiary/aromatic N) is 2. The Bertz CT molecular complexity index is 619. The number of anilines is 1. The summed E-state index contributed by atoms with van der Waals surface area (Å²) in [6.45, 7) is 4.67. The molecule has 2 aromatic rings. The maximum absolute atomic E-state index is 11.4. The maximum Gasteiger partial charge on any atom is 0.419 e. The molecule has 0 saturated heterocycles. The van der Waals surface area contributed by atoms with Gasteiger partial charge in [0.05, 0.1) is 5.52 Å². The predicted molar refractivity (Wildman–Crippen MR) is 73.0 cm³/mol. The molecule has 1 aromatic heterocycles. The average molecular weight is 249 g/mol. The average Bonchev–Trinajstić information content (AvgIpc) is 2.52. The monoisotopic (exact) mass is 249 g/mol. The second-order valence-corrected chi connectivity index (χ2v) is 5.42. The van der Waals surface area contributed by atoms with Crippen molar-refractivity contribution in [2.75, 3.05) is 18.5 Å². The summed E-state index contributed by atoms with van der Waals surface area (Å²) < 4.78 is 6.66. The highest BCUT2D eigenvalue weighted by atomic mass is 16.4. The second kappa shape index (κ2) is 4.17. The van der Waals surface area contributed by atoms with Gasteiger partial charge in [-0.1, -0.05) is 0 Å². The third kappa shape index (κ3) is 2.41. The predicted octanol–water partition coefficient (Wildman–Crippen LogP) is 1.30. The smallest absolute Gasteiger partial charge is 0.408 e. The minimum absolute atomic E-state index is 0.277. The summed E-state index contributed by atoms with van der Waals surface area (Å²) >= 11 is 0. The Morgan fingerprint density at radius 1 is 1.44 bits per heavy atom. The van der Waals surface area contributed by atoms with E-state index in [2.05, 4.69) is 0 Å². The molecule has 0 aliphatic carbocycles. The highest BCUT2D eigenvalue weighted by Gasteiger charge is 2.15. The van der Waals surface area contributed by atoms with Crippen LogP contribution in [0.4, 0.5) is 5.69 Å². The third-order valence-corrected chi connectivity index (χ3v) is 2.86. The number of nitrogens with two attached hydrogens (primary N) is 1. The third-order valence-electron chi connectivity index (χ3n) is 2.86. The van der Waals surface area contributed by atoms with Gasteiger partial charge in [0.1, 0.15) is 0 Å². The van der Waals surface area contributed by atoms with Crippen molar-refractivity contribution in [3.63, 3.8) is 0 Å². The minimum Gasteiger partial charge on any atom is -0.408 e. The van der Waals surface area contributed by atoms with Crippen LogP contribution in [0.15, 0.2) is 27.4 Å². The van der Waals surface area contributed by atoms with E-state index >= 15 is 0 Å². The SMILES string of the molecule is CN(CC(C)(C)N)c1ccc2c(c1)oc(=O)n2C. The Hall–Kier alpha value is -1.75. The summed E-state index contributed by atoms with van der Waals surface area (Å²) in [4.78, 5) is 13.5. The Balaban J connectivity index is 2.38. The molecule has 0 bridgehead atoms. The zero-order chi connectivity index (χ0) is 13.5. The summed E-state index contributed by atoms with van der Waals surface area (Å²) in [5, 5.41) is 0. The molecule has 1 heterocycles. The summed E-state index contributed by atoms with van der Waals surface area (Å²) in [7, 11) is 3.66. The van der Waals surface area contributed by atoms with Gasteiger partial charge in [-0.2, -0.15) is 0 Å². The lowest BCUT2D eigenvalue weighted by Gasteiger charge is -2.28. The Morgan fingerprint density at radius 2 is 2.11 bits per heavy atom. The number of hydrogen-bond donors (Lipinski definition) is 1.